The van der Waals surface area contributed by atoms with Gasteiger partial charge in [-0.05, 0) is 37.3 Å². The Hall–Kier alpha value is -2.55. The van der Waals surface area contributed by atoms with E-state index in [1.54, 1.807) is 4.52 Å². The molecule has 0 aromatic carbocycles. The number of hydrogen-bond acceptors (Lipinski definition) is 5. The quantitative estimate of drug-likeness (QED) is 0.600. The second kappa shape index (κ2) is 6.75. The molecule has 2 heterocycles. The number of fused-ring (bicyclic) bond motifs is 1. The average Bonchev–Trinajstić information content (AvgIpc) is 2.92. The molecule has 1 saturated carbocycles. The van der Waals surface area contributed by atoms with E-state index in [1.165, 1.54) is 24.8 Å². The van der Waals surface area contributed by atoms with Crippen molar-refractivity contribution in [3.05, 3.63) is 24.0 Å². The molecule has 0 radical (unpaired) electrons. The molecule has 6 nitrogen and oxygen atoms in total. The molecule has 0 bridgehead atoms. The summed E-state index contributed by atoms with van der Waals surface area (Å²) in [6.07, 6.45) is 8.99. The SMILES string of the molecule is C#CNCC(C)(C)CNc1nn2c(C(=C)C)nnc2cc1C1CCC1. The van der Waals surface area contributed by atoms with Crippen LogP contribution in [0.4, 0.5) is 5.82 Å². The second-order valence-corrected chi connectivity index (χ2v) is 7.67. The molecule has 0 saturated heterocycles. The van der Waals surface area contributed by atoms with E-state index in [0.29, 0.717) is 11.7 Å². The maximum atomic E-state index is 5.31. The Bertz CT molecular complexity index is 822. The zero-order valence-electron chi connectivity index (χ0n) is 15.3. The highest BCUT2D eigenvalue weighted by molar-refractivity contribution is 5.60. The zero-order valence-corrected chi connectivity index (χ0v) is 15.3. The fourth-order valence-electron chi connectivity index (χ4n) is 2.96. The Kier molecular flexibility index (Phi) is 4.67. The summed E-state index contributed by atoms with van der Waals surface area (Å²) in [6, 6.07) is 4.60. The van der Waals surface area contributed by atoms with E-state index in [2.05, 4.69) is 53.4 Å². The van der Waals surface area contributed by atoms with Gasteiger partial charge in [-0.1, -0.05) is 33.3 Å². The third-order valence-corrected chi connectivity index (χ3v) is 4.75. The molecule has 1 fully saturated rings. The number of anilines is 1. The normalized spacial score (nSPS) is 14.8. The largest absolute Gasteiger partial charge is 0.368 e. The fourth-order valence-corrected chi connectivity index (χ4v) is 2.96. The van der Waals surface area contributed by atoms with Crippen molar-refractivity contribution in [3.8, 4) is 12.5 Å². The van der Waals surface area contributed by atoms with Crippen LogP contribution in [0.3, 0.4) is 0 Å². The van der Waals surface area contributed by atoms with Gasteiger partial charge in [-0.15, -0.1) is 15.3 Å². The minimum atomic E-state index is 0.00423. The van der Waals surface area contributed by atoms with E-state index < -0.39 is 0 Å². The van der Waals surface area contributed by atoms with Crippen LogP contribution in [0.15, 0.2) is 12.6 Å². The summed E-state index contributed by atoms with van der Waals surface area (Å²) in [5, 5.41) is 19.8. The first kappa shape index (κ1) is 17.3. The monoisotopic (exact) mass is 338 g/mol. The minimum absolute atomic E-state index is 0.00423. The van der Waals surface area contributed by atoms with Crippen molar-refractivity contribution >= 4 is 17.0 Å². The average molecular weight is 338 g/mol. The van der Waals surface area contributed by atoms with Gasteiger partial charge in [0.25, 0.3) is 0 Å². The maximum Gasteiger partial charge on any atom is 0.180 e. The van der Waals surface area contributed by atoms with Crippen molar-refractivity contribution < 1.29 is 0 Å². The Morgan fingerprint density at radius 1 is 1.40 bits per heavy atom. The van der Waals surface area contributed by atoms with Crippen LogP contribution < -0.4 is 10.6 Å². The molecule has 3 rings (SSSR count). The van der Waals surface area contributed by atoms with Crippen molar-refractivity contribution in [1.82, 2.24) is 25.1 Å². The molecular formula is C19H26N6. The molecule has 132 valence electrons. The number of hydrogen-bond donors (Lipinski definition) is 2. The topological polar surface area (TPSA) is 67.1 Å². The van der Waals surface area contributed by atoms with Gasteiger partial charge in [-0.25, -0.2) is 0 Å². The van der Waals surface area contributed by atoms with Crippen molar-refractivity contribution in [2.24, 2.45) is 5.41 Å². The number of aromatic nitrogens is 4. The van der Waals surface area contributed by atoms with E-state index in [-0.39, 0.29) is 5.41 Å². The molecule has 2 N–H and O–H groups in total. The van der Waals surface area contributed by atoms with E-state index in [4.69, 9.17) is 11.5 Å². The summed E-state index contributed by atoms with van der Waals surface area (Å²) in [5.41, 5.74) is 2.87. The molecule has 6 heteroatoms. The maximum absolute atomic E-state index is 5.31. The van der Waals surface area contributed by atoms with Gasteiger partial charge >= 0.3 is 0 Å². The van der Waals surface area contributed by atoms with Gasteiger partial charge in [0.1, 0.15) is 0 Å². The molecule has 0 aliphatic heterocycles. The Morgan fingerprint density at radius 3 is 2.76 bits per heavy atom. The first-order chi connectivity index (χ1) is 11.9. The third kappa shape index (κ3) is 3.60. The highest BCUT2D eigenvalue weighted by Crippen LogP contribution is 2.39. The van der Waals surface area contributed by atoms with Crippen LogP contribution in [0.1, 0.15) is 57.3 Å². The molecule has 2 aromatic heterocycles. The molecular weight excluding hydrogens is 312 g/mol. The Morgan fingerprint density at radius 2 is 2.16 bits per heavy atom. The van der Waals surface area contributed by atoms with E-state index in [0.717, 1.165) is 30.1 Å². The van der Waals surface area contributed by atoms with Crippen LogP contribution in [0.5, 0.6) is 0 Å². The smallest absolute Gasteiger partial charge is 0.180 e. The Labute approximate surface area is 149 Å². The summed E-state index contributed by atoms with van der Waals surface area (Å²) in [6.45, 7) is 11.7. The zero-order chi connectivity index (χ0) is 18.0. The molecule has 0 amide bonds. The molecule has 1 aliphatic rings. The summed E-state index contributed by atoms with van der Waals surface area (Å²) in [7, 11) is 0. The van der Waals surface area contributed by atoms with E-state index in [1.807, 2.05) is 6.92 Å². The van der Waals surface area contributed by atoms with Crippen molar-refractivity contribution in [2.75, 3.05) is 18.4 Å². The van der Waals surface area contributed by atoms with Gasteiger partial charge in [-0.2, -0.15) is 4.52 Å². The minimum Gasteiger partial charge on any atom is -0.368 e. The summed E-state index contributed by atoms with van der Waals surface area (Å²) in [4.78, 5) is 0. The molecule has 2 aromatic rings. The van der Waals surface area contributed by atoms with E-state index >= 15 is 0 Å². The highest BCUT2D eigenvalue weighted by Gasteiger charge is 2.26. The predicted molar refractivity (Wildman–Crippen MR) is 101 cm³/mol. The number of nitrogens with zero attached hydrogens (tertiary/aromatic N) is 4. The van der Waals surface area contributed by atoms with Gasteiger partial charge in [0.05, 0.1) is 0 Å². The fraction of sp³-hybridized carbons (Fsp3) is 0.526. The van der Waals surface area contributed by atoms with Gasteiger partial charge in [0.2, 0.25) is 0 Å². The molecule has 0 unspecified atom stereocenters. The second-order valence-electron chi connectivity index (χ2n) is 7.67. The number of rotatable bonds is 7. The molecule has 25 heavy (non-hydrogen) atoms. The number of nitrogens with one attached hydrogen (secondary N) is 2. The predicted octanol–water partition coefficient (Wildman–Crippen LogP) is 3.04. The molecule has 0 spiro atoms. The van der Waals surface area contributed by atoms with Crippen molar-refractivity contribution in [3.63, 3.8) is 0 Å². The van der Waals surface area contributed by atoms with Crippen LogP contribution in [-0.4, -0.2) is 32.9 Å². The van der Waals surface area contributed by atoms with Crippen LogP contribution in [0.2, 0.25) is 0 Å². The van der Waals surface area contributed by atoms with Crippen LogP contribution >= 0.6 is 0 Å². The van der Waals surface area contributed by atoms with Crippen molar-refractivity contribution in [2.45, 2.75) is 46.0 Å². The standard InChI is InChI=1S/C19H26N6/c1-6-20-11-19(4,5)12-21-17-15(14-8-7-9-14)10-16-22-23-18(13(2)3)25(16)24-17/h1,10,14,20H,2,7-9,11-12H2,3-5H3,(H,21,24). The van der Waals surface area contributed by atoms with Crippen LogP contribution in [-0.2, 0) is 0 Å². The lowest BCUT2D eigenvalue weighted by atomic mass is 9.80. The van der Waals surface area contributed by atoms with Gasteiger partial charge < -0.3 is 10.6 Å². The van der Waals surface area contributed by atoms with Crippen molar-refractivity contribution in [1.29, 1.82) is 0 Å². The molecule has 0 atom stereocenters. The van der Waals surface area contributed by atoms with E-state index in [9.17, 15) is 0 Å². The lowest BCUT2D eigenvalue weighted by Gasteiger charge is -2.29. The first-order valence-corrected chi connectivity index (χ1v) is 8.76. The molecule has 1 aliphatic carbocycles. The van der Waals surface area contributed by atoms with Gasteiger partial charge in [0, 0.05) is 30.1 Å². The van der Waals surface area contributed by atoms with Crippen LogP contribution in [0, 0.1) is 17.9 Å². The summed E-state index contributed by atoms with van der Waals surface area (Å²) in [5.74, 6) is 2.16. The lowest BCUT2D eigenvalue weighted by molar-refractivity contribution is 0.383. The number of allylic oxidation sites excluding steroid dienone is 1. The van der Waals surface area contributed by atoms with Gasteiger partial charge in [0.15, 0.2) is 17.3 Å². The lowest BCUT2D eigenvalue weighted by Crippen LogP contribution is -2.33. The highest BCUT2D eigenvalue weighted by atomic mass is 15.4. The number of terminal acetylenes is 1. The van der Waals surface area contributed by atoms with Gasteiger partial charge in [-0.3, -0.25) is 0 Å². The Balaban J connectivity index is 1.92. The van der Waals surface area contributed by atoms with Crippen LogP contribution in [0.25, 0.3) is 11.2 Å². The third-order valence-electron chi connectivity index (χ3n) is 4.75. The summed E-state index contributed by atoms with van der Waals surface area (Å²) < 4.78 is 1.78. The first-order valence-electron chi connectivity index (χ1n) is 8.76. The summed E-state index contributed by atoms with van der Waals surface area (Å²) >= 11 is 0.